The van der Waals surface area contributed by atoms with Crippen LogP contribution >= 0.6 is 0 Å². The van der Waals surface area contributed by atoms with Crippen LogP contribution in [0.2, 0.25) is 0 Å². The van der Waals surface area contributed by atoms with Crippen molar-refractivity contribution in [1.82, 2.24) is 0 Å². The van der Waals surface area contributed by atoms with Crippen molar-refractivity contribution < 1.29 is 13.2 Å². The van der Waals surface area contributed by atoms with E-state index in [9.17, 15) is 13.2 Å². The highest BCUT2D eigenvalue weighted by atomic mass is 19.4. The van der Waals surface area contributed by atoms with Gasteiger partial charge >= 0.3 is 6.18 Å². The third-order valence-electron chi connectivity index (χ3n) is 3.07. The fraction of sp³-hybridized carbons (Fsp3) is 0.571. The Kier molecular flexibility index (Phi) is 5.23. The van der Waals surface area contributed by atoms with Crippen molar-refractivity contribution in [2.24, 2.45) is 5.73 Å². The van der Waals surface area contributed by atoms with Crippen molar-refractivity contribution >= 4 is 5.69 Å². The second-order valence-electron chi connectivity index (χ2n) is 4.94. The number of rotatable bonds is 5. The Balaban J connectivity index is 2.92. The Morgan fingerprint density at radius 1 is 1.16 bits per heavy atom. The van der Waals surface area contributed by atoms with E-state index in [1.165, 1.54) is 4.90 Å². The van der Waals surface area contributed by atoms with Gasteiger partial charge in [-0.15, -0.1) is 0 Å². The normalized spacial score (nSPS) is 13.7. The average Bonchev–Trinajstić information content (AvgIpc) is 2.34. The van der Waals surface area contributed by atoms with Gasteiger partial charge in [0.05, 0.1) is 0 Å². The molecule has 1 rings (SSSR count). The van der Waals surface area contributed by atoms with E-state index >= 15 is 0 Å². The van der Waals surface area contributed by atoms with Crippen LogP contribution in [-0.4, -0.2) is 18.8 Å². The Labute approximate surface area is 112 Å². The molecule has 1 aromatic rings. The third kappa shape index (κ3) is 4.74. The summed E-state index contributed by atoms with van der Waals surface area (Å²) < 4.78 is 37.7. The molecule has 0 aromatic heterocycles. The van der Waals surface area contributed by atoms with Crippen LogP contribution in [0.15, 0.2) is 24.3 Å². The highest BCUT2D eigenvalue weighted by Gasteiger charge is 2.32. The zero-order valence-corrected chi connectivity index (χ0v) is 11.5. The fourth-order valence-corrected chi connectivity index (χ4v) is 1.91. The van der Waals surface area contributed by atoms with Gasteiger partial charge in [-0.25, -0.2) is 0 Å². The number of benzene rings is 1. The maximum Gasteiger partial charge on any atom is 0.405 e. The van der Waals surface area contributed by atoms with E-state index in [0.29, 0.717) is 5.69 Å². The quantitative estimate of drug-likeness (QED) is 0.883. The summed E-state index contributed by atoms with van der Waals surface area (Å²) >= 11 is 0. The Morgan fingerprint density at radius 2 is 1.68 bits per heavy atom. The third-order valence-corrected chi connectivity index (χ3v) is 3.07. The van der Waals surface area contributed by atoms with Gasteiger partial charge in [0.15, 0.2) is 0 Å². The summed E-state index contributed by atoms with van der Waals surface area (Å²) in [5, 5.41) is 0. The average molecular weight is 274 g/mol. The molecule has 0 unspecified atom stereocenters. The van der Waals surface area contributed by atoms with E-state index in [1.807, 2.05) is 6.92 Å². The zero-order chi connectivity index (χ0) is 14.6. The molecule has 0 aliphatic rings. The summed E-state index contributed by atoms with van der Waals surface area (Å²) in [7, 11) is 0. The summed E-state index contributed by atoms with van der Waals surface area (Å²) in [6, 6.07) is 6.73. The molecule has 0 spiro atoms. The molecule has 108 valence electrons. The minimum Gasteiger partial charge on any atom is -0.360 e. The minimum absolute atomic E-state index is 0.0656. The van der Waals surface area contributed by atoms with E-state index in [0.717, 1.165) is 12.0 Å². The van der Waals surface area contributed by atoms with Gasteiger partial charge < -0.3 is 10.6 Å². The number of halogens is 3. The van der Waals surface area contributed by atoms with E-state index < -0.39 is 12.7 Å². The largest absolute Gasteiger partial charge is 0.405 e. The SMILES string of the molecule is CC[C@@H](N)c1ccc(N(CC(F)(F)F)C(C)C)cc1. The molecule has 0 bridgehead atoms. The van der Waals surface area contributed by atoms with Crippen molar-refractivity contribution in [1.29, 1.82) is 0 Å². The monoisotopic (exact) mass is 274 g/mol. The molecule has 0 saturated heterocycles. The zero-order valence-electron chi connectivity index (χ0n) is 11.5. The maximum absolute atomic E-state index is 12.6. The van der Waals surface area contributed by atoms with Crippen molar-refractivity contribution in [2.75, 3.05) is 11.4 Å². The Bertz CT molecular complexity index is 385. The van der Waals surface area contributed by atoms with Crippen LogP contribution in [0.1, 0.15) is 38.8 Å². The maximum atomic E-state index is 12.6. The van der Waals surface area contributed by atoms with Crippen molar-refractivity contribution in [2.45, 2.75) is 45.5 Å². The van der Waals surface area contributed by atoms with Gasteiger partial charge in [-0.3, -0.25) is 0 Å². The molecule has 0 amide bonds. The molecular weight excluding hydrogens is 253 g/mol. The van der Waals surface area contributed by atoms with Crippen molar-refractivity contribution in [3.05, 3.63) is 29.8 Å². The van der Waals surface area contributed by atoms with E-state index in [2.05, 4.69) is 0 Å². The summed E-state index contributed by atoms with van der Waals surface area (Å²) in [5.41, 5.74) is 7.40. The van der Waals surface area contributed by atoms with Crippen molar-refractivity contribution in [3.8, 4) is 0 Å². The molecule has 0 saturated carbocycles. The molecule has 2 nitrogen and oxygen atoms in total. The van der Waals surface area contributed by atoms with Crippen LogP contribution < -0.4 is 10.6 Å². The van der Waals surface area contributed by atoms with Gasteiger partial charge in [0, 0.05) is 17.8 Å². The van der Waals surface area contributed by atoms with Gasteiger partial charge in [-0.1, -0.05) is 19.1 Å². The van der Waals surface area contributed by atoms with E-state index in [4.69, 9.17) is 5.73 Å². The molecule has 5 heteroatoms. The van der Waals surface area contributed by atoms with E-state index in [-0.39, 0.29) is 12.1 Å². The Morgan fingerprint density at radius 3 is 2.05 bits per heavy atom. The molecular formula is C14H21F3N2. The number of nitrogens with zero attached hydrogens (tertiary/aromatic N) is 1. The van der Waals surface area contributed by atoms with Gasteiger partial charge in [0.25, 0.3) is 0 Å². The number of nitrogens with two attached hydrogens (primary N) is 1. The van der Waals surface area contributed by atoms with Crippen LogP contribution in [-0.2, 0) is 0 Å². The van der Waals surface area contributed by atoms with E-state index in [1.54, 1.807) is 38.1 Å². The fourth-order valence-electron chi connectivity index (χ4n) is 1.91. The van der Waals surface area contributed by atoms with Crippen LogP contribution in [0.4, 0.5) is 18.9 Å². The first-order valence-corrected chi connectivity index (χ1v) is 6.43. The molecule has 0 heterocycles. The second kappa shape index (κ2) is 6.28. The second-order valence-corrected chi connectivity index (χ2v) is 4.94. The molecule has 0 fully saturated rings. The lowest BCUT2D eigenvalue weighted by Crippen LogP contribution is -2.39. The lowest BCUT2D eigenvalue weighted by atomic mass is 10.0. The van der Waals surface area contributed by atoms with Gasteiger partial charge in [0.1, 0.15) is 6.54 Å². The first kappa shape index (κ1) is 15.8. The molecule has 0 aliphatic carbocycles. The van der Waals surface area contributed by atoms with Crippen LogP contribution in [0.25, 0.3) is 0 Å². The van der Waals surface area contributed by atoms with Crippen LogP contribution in [0.3, 0.4) is 0 Å². The number of alkyl halides is 3. The summed E-state index contributed by atoms with van der Waals surface area (Å²) in [5.74, 6) is 0. The van der Waals surface area contributed by atoms with Crippen LogP contribution in [0.5, 0.6) is 0 Å². The molecule has 0 aliphatic heterocycles. The van der Waals surface area contributed by atoms with Gasteiger partial charge in [0.2, 0.25) is 0 Å². The summed E-state index contributed by atoms with van der Waals surface area (Å²) in [6.07, 6.45) is -3.40. The van der Waals surface area contributed by atoms with Crippen LogP contribution in [0, 0.1) is 0 Å². The highest BCUT2D eigenvalue weighted by Crippen LogP contribution is 2.25. The molecule has 1 aromatic carbocycles. The number of anilines is 1. The predicted molar refractivity (Wildman–Crippen MR) is 72.2 cm³/mol. The summed E-state index contributed by atoms with van der Waals surface area (Å²) in [6.45, 7) is 4.53. The minimum atomic E-state index is -4.21. The molecule has 2 N–H and O–H groups in total. The molecule has 0 radical (unpaired) electrons. The van der Waals surface area contributed by atoms with Crippen molar-refractivity contribution in [3.63, 3.8) is 0 Å². The molecule has 19 heavy (non-hydrogen) atoms. The first-order valence-electron chi connectivity index (χ1n) is 6.43. The van der Waals surface area contributed by atoms with Gasteiger partial charge in [-0.2, -0.15) is 13.2 Å². The topological polar surface area (TPSA) is 29.3 Å². The standard InChI is InChI=1S/C14H21F3N2/c1-4-13(18)11-5-7-12(8-6-11)19(10(2)3)9-14(15,16)17/h5-8,10,13H,4,9,18H2,1-3H3/t13-/m1/s1. The summed E-state index contributed by atoms with van der Waals surface area (Å²) in [4.78, 5) is 1.33. The number of hydrogen-bond acceptors (Lipinski definition) is 2. The number of hydrogen-bond donors (Lipinski definition) is 1. The Hall–Kier alpha value is -1.23. The lowest BCUT2D eigenvalue weighted by molar-refractivity contribution is -0.120. The highest BCUT2D eigenvalue weighted by molar-refractivity contribution is 5.49. The van der Waals surface area contributed by atoms with Gasteiger partial charge in [-0.05, 0) is 38.0 Å². The first-order chi connectivity index (χ1) is 8.74. The smallest absolute Gasteiger partial charge is 0.360 e. The molecule has 1 atom stereocenters. The lowest BCUT2D eigenvalue weighted by Gasteiger charge is -2.30. The predicted octanol–water partition coefficient (Wildman–Crippen LogP) is 3.87.